The molecule has 1 aromatic rings. The number of amides is 1. The minimum atomic E-state index is -3.21. The topological polar surface area (TPSA) is 66.5 Å². The van der Waals surface area contributed by atoms with E-state index in [0.717, 1.165) is 18.4 Å². The van der Waals surface area contributed by atoms with Gasteiger partial charge in [0.15, 0.2) is 0 Å². The maximum Gasteiger partial charge on any atom is 0.224 e. The fourth-order valence-electron chi connectivity index (χ4n) is 2.50. The average molecular weight is 310 g/mol. The van der Waals surface area contributed by atoms with E-state index in [0.29, 0.717) is 19.6 Å². The summed E-state index contributed by atoms with van der Waals surface area (Å²) in [5.74, 6) is -0.317. The third-order valence-corrected chi connectivity index (χ3v) is 5.08. The number of nitrogens with one attached hydrogen (secondary N) is 1. The Balaban J connectivity index is 1.89. The van der Waals surface area contributed by atoms with Crippen LogP contribution in [0, 0.1) is 12.8 Å². The first-order chi connectivity index (χ1) is 9.86. The summed E-state index contributed by atoms with van der Waals surface area (Å²) < 4.78 is 24.5. The summed E-state index contributed by atoms with van der Waals surface area (Å²) in [4.78, 5) is 12.2. The number of benzene rings is 1. The highest BCUT2D eigenvalue weighted by Gasteiger charge is 2.29. The van der Waals surface area contributed by atoms with Crippen LogP contribution in [0.1, 0.15) is 24.0 Å². The Morgan fingerprint density at radius 2 is 2.00 bits per heavy atom. The molecule has 0 aromatic heterocycles. The highest BCUT2D eigenvalue weighted by atomic mass is 32.2. The lowest BCUT2D eigenvalue weighted by molar-refractivity contribution is -0.126. The first-order valence-electron chi connectivity index (χ1n) is 7.14. The molecule has 1 saturated heterocycles. The van der Waals surface area contributed by atoms with E-state index in [-0.39, 0.29) is 11.8 Å². The molecule has 0 bridgehead atoms. The van der Waals surface area contributed by atoms with Gasteiger partial charge in [0.25, 0.3) is 0 Å². The maximum absolute atomic E-state index is 12.2. The van der Waals surface area contributed by atoms with Gasteiger partial charge in [-0.1, -0.05) is 29.8 Å². The van der Waals surface area contributed by atoms with Gasteiger partial charge in [0, 0.05) is 19.6 Å². The molecule has 0 aliphatic carbocycles. The average Bonchev–Trinajstić information content (AvgIpc) is 2.45. The van der Waals surface area contributed by atoms with Crippen LogP contribution in [0.2, 0.25) is 0 Å². The summed E-state index contributed by atoms with van der Waals surface area (Å²) in [5, 5.41) is 2.90. The number of carbonyl (C=O) groups is 1. The van der Waals surface area contributed by atoms with Crippen molar-refractivity contribution in [3.63, 3.8) is 0 Å². The standard InChI is InChI=1S/C15H22N2O3S/c1-12-5-7-13(8-6-12)10-16-15(18)14-4-3-9-17(11-14)21(2,19)20/h5-8,14H,3-4,9-11H2,1-2H3,(H,16,18)/t14-/m0/s1. The first-order valence-corrected chi connectivity index (χ1v) is 8.99. The molecule has 0 spiro atoms. The number of hydrogen-bond acceptors (Lipinski definition) is 3. The molecule has 1 heterocycles. The van der Waals surface area contributed by atoms with Crippen LogP contribution in [0.4, 0.5) is 0 Å². The van der Waals surface area contributed by atoms with Crippen molar-refractivity contribution in [3.05, 3.63) is 35.4 Å². The van der Waals surface area contributed by atoms with E-state index in [1.54, 1.807) is 0 Å². The van der Waals surface area contributed by atoms with E-state index in [4.69, 9.17) is 0 Å². The van der Waals surface area contributed by atoms with Crippen molar-refractivity contribution in [1.29, 1.82) is 0 Å². The Morgan fingerprint density at radius 1 is 1.33 bits per heavy atom. The van der Waals surface area contributed by atoms with Crippen LogP contribution in [0.15, 0.2) is 24.3 Å². The number of rotatable bonds is 4. The molecule has 116 valence electrons. The Labute approximate surface area is 126 Å². The smallest absolute Gasteiger partial charge is 0.224 e. The van der Waals surface area contributed by atoms with Gasteiger partial charge in [0.1, 0.15) is 0 Å². The van der Waals surface area contributed by atoms with E-state index < -0.39 is 10.0 Å². The molecule has 5 nitrogen and oxygen atoms in total. The Hall–Kier alpha value is -1.40. The Kier molecular flexibility index (Phi) is 5.00. The molecular formula is C15H22N2O3S. The summed E-state index contributed by atoms with van der Waals surface area (Å²) in [5.41, 5.74) is 2.23. The van der Waals surface area contributed by atoms with E-state index in [9.17, 15) is 13.2 Å². The zero-order chi connectivity index (χ0) is 15.5. The van der Waals surface area contributed by atoms with Gasteiger partial charge < -0.3 is 5.32 Å². The monoisotopic (exact) mass is 310 g/mol. The molecule has 1 aliphatic heterocycles. The van der Waals surface area contributed by atoms with Crippen LogP contribution in [-0.2, 0) is 21.4 Å². The number of sulfonamides is 1. The second-order valence-corrected chi connectivity index (χ2v) is 7.65. The number of aryl methyl sites for hydroxylation is 1. The lowest BCUT2D eigenvalue weighted by atomic mass is 9.98. The van der Waals surface area contributed by atoms with Gasteiger partial charge in [0.05, 0.1) is 12.2 Å². The van der Waals surface area contributed by atoms with Gasteiger partial charge >= 0.3 is 0 Å². The van der Waals surface area contributed by atoms with Gasteiger partial charge in [-0.2, -0.15) is 0 Å². The van der Waals surface area contributed by atoms with Crippen molar-refractivity contribution in [2.45, 2.75) is 26.3 Å². The molecule has 1 fully saturated rings. The fourth-order valence-corrected chi connectivity index (χ4v) is 3.41. The quantitative estimate of drug-likeness (QED) is 0.911. The van der Waals surface area contributed by atoms with E-state index in [2.05, 4.69) is 5.32 Å². The molecule has 1 aliphatic rings. The third kappa shape index (κ3) is 4.54. The van der Waals surface area contributed by atoms with Gasteiger partial charge in [-0.25, -0.2) is 12.7 Å². The molecule has 6 heteroatoms. The van der Waals surface area contributed by atoms with Crippen molar-refractivity contribution in [3.8, 4) is 0 Å². The van der Waals surface area contributed by atoms with Gasteiger partial charge in [-0.15, -0.1) is 0 Å². The van der Waals surface area contributed by atoms with Crippen LogP contribution in [-0.4, -0.2) is 38.0 Å². The summed E-state index contributed by atoms with van der Waals surface area (Å²) in [6.45, 7) is 3.30. The van der Waals surface area contributed by atoms with Crippen molar-refractivity contribution < 1.29 is 13.2 Å². The second kappa shape index (κ2) is 6.58. The zero-order valence-electron chi connectivity index (χ0n) is 12.5. The van der Waals surface area contributed by atoms with E-state index >= 15 is 0 Å². The highest BCUT2D eigenvalue weighted by molar-refractivity contribution is 7.88. The third-order valence-electron chi connectivity index (χ3n) is 3.81. The Bertz CT molecular complexity index is 596. The number of piperidine rings is 1. The fraction of sp³-hybridized carbons (Fsp3) is 0.533. The highest BCUT2D eigenvalue weighted by Crippen LogP contribution is 2.19. The molecule has 0 unspecified atom stereocenters. The number of hydrogen-bond donors (Lipinski definition) is 1. The summed E-state index contributed by atoms with van der Waals surface area (Å²) >= 11 is 0. The van der Waals surface area contributed by atoms with Gasteiger partial charge in [-0.3, -0.25) is 4.79 Å². The number of nitrogens with zero attached hydrogens (tertiary/aromatic N) is 1. The van der Waals surface area contributed by atoms with E-state index in [1.165, 1.54) is 16.1 Å². The summed E-state index contributed by atoms with van der Waals surface area (Å²) in [7, 11) is -3.21. The van der Waals surface area contributed by atoms with Crippen molar-refractivity contribution >= 4 is 15.9 Å². The molecular weight excluding hydrogens is 288 g/mol. The first kappa shape index (κ1) is 16.0. The van der Waals surface area contributed by atoms with Crippen molar-refractivity contribution in [1.82, 2.24) is 9.62 Å². The molecule has 21 heavy (non-hydrogen) atoms. The minimum absolute atomic E-state index is 0.0658. The Morgan fingerprint density at radius 3 is 2.62 bits per heavy atom. The second-order valence-electron chi connectivity index (χ2n) is 5.66. The lowest BCUT2D eigenvalue weighted by Crippen LogP contribution is -2.44. The molecule has 0 radical (unpaired) electrons. The minimum Gasteiger partial charge on any atom is -0.352 e. The zero-order valence-corrected chi connectivity index (χ0v) is 13.3. The number of carbonyl (C=O) groups excluding carboxylic acids is 1. The van der Waals surface area contributed by atoms with Crippen LogP contribution < -0.4 is 5.32 Å². The maximum atomic E-state index is 12.2. The molecule has 1 aromatic carbocycles. The van der Waals surface area contributed by atoms with Crippen molar-refractivity contribution in [2.75, 3.05) is 19.3 Å². The molecule has 2 rings (SSSR count). The molecule has 0 saturated carbocycles. The SMILES string of the molecule is Cc1ccc(CNC(=O)[C@H]2CCCN(S(C)(=O)=O)C2)cc1. The lowest BCUT2D eigenvalue weighted by Gasteiger charge is -2.30. The normalized spacial score (nSPS) is 20.2. The van der Waals surface area contributed by atoms with Crippen LogP contribution in [0.25, 0.3) is 0 Å². The van der Waals surface area contributed by atoms with Gasteiger partial charge in [-0.05, 0) is 25.3 Å². The van der Waals surface area contributed by atoms with Gasteiger partial charge in [0.2, 0.25) is 15.9 Å². The predicted molar refractivity (Wildman–Crippen MR) is 82.2 cm³/mol. The summed E-state index contributed by atoms with van der Waals surface area (Å²) in [6.07, 6.45) is 2.67. The summed E-state index contributed by atoms with van der Waals surface area (Å²) in [6, 6.07) is 7.99. The largest absolute Gasteiger partial charge is 0.352 e. The molecule has 1 N–H and O–H groups in total. The van der Waals surface area contributed by atoms with Crippen LogP contribution in [0.5, 0.6) is 0 Å². The van der Waals surface area contributed by atoms with Crippen LogP contribution in [0.3, 0.4) is 0 Å². The predicted octanol–water partition coefficient (Wildman–Crippen LogP) is 1.28. The van der Waals surface area contributed by atoms with E-state index in [1.807, 2.05) is 31.2 Å². The van der Waals surface area contributed by atoms with Crippen LogP contribution >= 0.6 is 0 Å². The molecule has 1 amide bonds. The molecule has 1 atom stereocenters. The van der Waals surface area contributed by atoms with Crippen molar-refractivity contribution in [2.24, 2.45) is 5.92 Å².